The maximum absolute atomic E-state index is 11.8. The zero-order valence-electron chi connectivity index (χ0n) is 8.43. The number of ether oxygens (including phenoxy) is 1. The van der Waals surface area contributed by atoms with Gasteiger partial charge in [-0.1, -0.05) is 19.1 Å². The molecule has 15 heavy (non-hydrogen) atoms. The highest BCUT2D eigenvalue weighted by atomic mass is 32.2. The van der Waals surface area contributed by atoms with Gasteiger partial charge < -0.3 is 4.74 Å². The zero-order chi connectivity index (χ0) is 10.9. The summed E-state index contributed by atoms with van der Waals surface area (Å²) in [5, 5.41) is 0. The second-order valence-electron chi connectivity index (χ2n) is 3.45. The molecule has 1 aromatic rings. The quantitative estimate of drug-likeness (QED) is 0.782. The topological polar surface area (TPSA) is 55.4 Å². The van der Waals surface area contributed by atoms with Gasteiger partial charge in [-0.15, -0.1) is 0 Å². The number of hydrogen-bond acceptors (Lipinski definition) is 3. The summed E-state index contributed by atoms with van der Waals surface area (Å²) in [5.74, 6) is 0.439. The number of para-hydroxylation sites is 1. The molecule has 4 nitrogen and oxygen atoms in total. The Morgan fingerprint density at radius 2 is 2.20 bits per heavy atom. The third-order valence-corrected chi connectivity index (χ3v) is 3.85. The summed E-state index contributed by atoms with van der Waals surface area (Å²) in [6.45, 7) is 2.29. The molecule has 1 heterocycles. The fraction of sp³-hybridized carbons (Fsp3) is 0.400. The number of benzene rings is 1. The molecule has 0 amide bonds. The standard InChI is InChI=1S/C10H13NO3S/c1-2-8-7-11-15(12,13)10-6-4-3-5-9(10)14-8/h3-6,8,11H,2,7H2,1H3/t8-/m0/s1. The number of rotatable bonds is 1. The van der Waals surface area contributed by atoms with Crippen molar-refractivity contribution >= 4 is 10.0 Å². The van der Waals surface area contributed by atoms with Gasteiger partial charge in [0.15, 0.2) is 0 Å². The third-order valence-electron chi connectivity index (χ3n) is 2.39. The van der Waals surface area contributed by atoms with E-state index in [2.05, 4.69) is 4.72 Å². The van der Waals surface area contributed by atoms with E-state index in [9.17, 15) is 8.42 Å². The van der Waals surface area contributed by atoms with Crippen molar-refractivity contribution in [2.24, 2.45) is 0 Å². The van der Waals surface area contributed by atoms with E-state index in [1.807, 2.05) is 6.92 Å². The van der Waals surface area contributed by atoms with Crippen LogP contribution in [0.3, 0.4) is 0 Å². The monoisotopic (exact) mass is 227 g/mol. The van der Waals surface area contributed by atoms with Crippen LogP contribution < -0.4 is 9.46 Å². The average Bonchev–Trinajstić information content (AvgIpc) is 2.36. The Bertz CT molecular complexity index is 455. The van der Waals surface area contributed by atoms with E-state index in [1.165, 1.54) is 0 Å². The Labute approximate surface area is 89.3 Å². The molecular weight excluding hydrogens is 214 g/mol. The van der Waals surface area contributed by atoms with Gasteiger partial charge in [-0.3, -0.25) is 0 Å². The molecule has 0 saturated heterocycles. The molecule has 2 rings (SSSR count). The van der Waals surface area contributed by atoms with E-state index >= 15 is 0 Å². The van der Waals surface area contributed by atoms with Crippen LogP contribution in [0.5, 0.6) is 5.75 Å². The molecule has 0 aromatic heterocycles. The minimum Gasteiger partial charge on any atom is -0.488 e. The third kappa shape index (κ3) is 1.98. The number of nitrogens with one attached hydrogen (secondary N) is 1. The van der Waals surface area contributed by atoms with Crippen molar-refractivity contribution < 1.29 is 13.2 Å². The van der Waals surface area contributed by atoms with Crippen LogP contribution in [0.25, 0.3) is 0 Å². The molecule has 0 unspecified atom stereocenters. The average molecular weight is 227 g/mol. The Balaban J connectivity index is 2.50. The van der Waals surface area contributed by atoms with Gasteiger partial charge in [0.2, 0.25) is 10.0 Å². The summed E-state index contributed by atoms with van der Waals surface area (Å²) in [7, 11) is -3.40. The maximum Gasteiger partial charge on any atom is 0.244 e. The summed E-state index contributed by atoms with van der Waals surface area (Å²) >= 11 is 0. The first-order valence-corrected chi connectivity index (χ1v) is 6.37. The normalized spacial score (nSPS) is 23.7. The van der Waals surface area contributed by atoms with Crippen LogP contribution in [-0.2, 0) is 10.0 Å². The summed E-state index contributed by atoms with van der Waals surface area (Å²) < 4.78 is 31.7. The fourth-order valence-corrected chi connectivity index (χ4v) is 2.70. The molecule has 0 aliphatic carbocycles. The Morgan fingerprint density at radius 3 is 2.93 bits per heavy atom. The van der Waals surface area contributed by atoms with E-state index in [1.54, 1.807) is 24.3 Å². The van der Waals surface area contributed by atoms with Crippen LogP contribution in [-0.4, -0.2) is 21.1 Å². The first-order chi connectivity index (χ1) is 7.13. The second kappa shape index (κ2) is 3.83. The van der Waals surface area contributed by atoms with E-state index in [0.29, 0.717) is 12.3 Å². The van der Waals surface area contributed by atoms with Crippen molar-refractivity contribution in [2.45, 2.75) is 24.3 Å². The van der Waals surface area contributed by atoms with Crippen molar-refractivity contribution in [3.8, 4) is 5.75 Å². The lowest BCUT2D eigenvalue weighted by molar-refractivity contribution is 0.200. The molecule has 1 N–H and O–H groups in total. The van der Waals surface area contributed by atoms with Gasteiger partial charge in [0.25, 0.3) is 0 Å². The molecule has 1 aromatic carbocycles. The molecule has 1 atom stereocenters. The van der Waals surface area contributed by atoms with Crippen LogP contribution in [0.1, 0.15) is 13.3 Å². The SMILES string of the molecule is CC[C@H]1CNS(=O)(=O)c2ccccc2O1. The highest BCUT2D eigenvalue weighted by Gasteiger charge is 2.25. The van der Waals surface area contributed by atoms with Gasteiger partial charge in [-0.25, -0.2) is 13.1 Å². The van der Waals surface area contributed by atoms with Gasteiger partial charge in [0.1, 0.15) is 16.7 Å². The summed E-state index contributed by atoms with van der Waals surface area (Å²) in [6.07, 6.45) is 0.681. The first-order valence-electron chi connectivity index (χ1n) is 4.89. The molecule has 82 valence electrons. The van der Waals surface area contributed by atoms with E-state index < -0.39 is 10.0 Å². The van der Waals surface area contributed by atoms with Crippen LogP contribution in [0.4, 0.5) is 0 Å². The van der Waals surface area contributed by atoms with Gasteiger partial charge >= 0.3 is 0 Å². The highest BCUT2D eigenvalue weighted by molar-refractivity contribution is 7.89. The van der Waals surface area contributed by atoms with Gasteiger partial charge in [0, 0.05) is 6.54 Å². The molecule has 0 bridgehead atoms. The predicted octanol–water partition coefficient (Wildman–Crippen LogP) is 1.14. The zero-order valence-corrected chi connectivity index (χ0v) is 9.25. The fourth-order valence-electron chi connectivity index (χ4n) is 1.50. The van der Waals surface area contributed by atoms with Crippen LogP contribution in [0, 0.1) is 0 Å². The lowest BCUT2D eigenvalue weighted by atomic mass is 10.3. The molecule has 5 heteroatoms. The molecule has 1 aliphatic rings. The summed E-state index contributed by atoms with van der Waals surface area (Å²) in [6, 6.07) is 6.69. The predicted molar refractivity (Wildman–Crippen MR) is 56.3 cm³/mol. The van der Waals surface area contributed by atoms with Crippen molar-refractivity contribution in [1.29, 1.82) is 0 Å². The van der Waals surface area contributed by atoms with E-state index in [-0.39, 0.29) is 11.0 Å². The summed E-state index contributed by atoms with van der Waals surface area (Å²) in [4.78, 5) is 0.223. The van der Waals surface area contributed by atoms with Crippen LogP contribution in [0.15, 0.2) is 29.2 Å². The maximum atomic E-state index is 11.8. The lowest BCUT2D eigenvalue weighted by Crippen LogP contribution is -2.31. The minimum absolute atomic E-state index is 0.0941. The number of sulfonamides is 1. The Morgan fingerprint density at radius 1 is 1.47 bits per heavy atom. The molecule has 1 aliphatic heterocycles. The molecule has 0 saturated carbocycles. The molecule has 0 fully saturated rings. The minimum atomic E-state index is -3.40. The Kier molecular flexibility index (Phi) is 2.67. The molecular formula is C10H13NO3S. The highest BCUT2D eigenvalue weighted by Crippen LogP contribution is 2.26. The molecule has 0 spiro atoms. The van der Waals surface area contributed by atoms with Crippen LogP contribution >= 0.6 is 0 Å². The van der Waals surface area contributed by atoms with Gasteiger partial charge in [0.05, 0.1) is 0 Å². The van der Waals surface area contributed by atoms with E-state index in [4.69, 9.17) is 4.74 Å². The van der Waals surface area contributed by atoms with Gasteiger partial charge in [-0.2, -0.15) is 0 Å². The molecule has 0 radical (unpaired) electrons. The van der Waals surface area contributed by atoms with Crippen LogP contribution in [0.2, 0.25) is 0 Å². The van der Waals surface area contributed by atoms with Crippen molar-refractivity contribution in [3.05, 3.63) is 24.3 Å². The van der Waals surface area contributed by atoms with Crippen molar-refractivity contribution in [3.63, 3.8) is 0 Å². The number of hydrogen-bond donors (Lipinski definition) is 1. The van der Waals surface area contributed by atoms with Crippen molar-refractivity contribution in [1.82, 2.24) is 4.72 Å². The lowest BCUT2D eigenvalue weighted by Gasteiger charge is -2.13. The van der Waals surface area contributed by atoms with Gasteiger partial charge in [-0.05, 0) is 18.6 Å². The first kappa shape index (κ1) is 10.4. The largest absolute Gasteiger partial charge is 0.488 e. The second-order valence-corrected chi connectivity index (χ2v) is 5.18. The number of fused-ring (bicyclic) bond motifs is 1. The smallest absolute Gasteiger partial charge is 0.244 e. The van der Waals surface area contributed by atoms with Crippen molar-refractivity contribution in [2.75, 3.05) is 6.54 Å². The van der Waals surface area contributed by atoms with E-state index in [0.717, 1.165) is 6.42 Å². The Hall–Kier alpha value is -1.07. The summed E-state index contributed by atoms with van der Waals surface area (Å²) in [5.41, 5.74) is 0.